The van der Waals surface area contributed by atoms with Crippen LogP contribution in [0.5, 0.6) is 0 Å². The molecule has 25 heavy (non-hydrogen) atoms. The third kappa shape index (κ3) is 2.35. The number of hydrogen-bond acceptors (Lipinski definition) is 5. The number of aliphatic carboxylic acids is 1. The lowest BCUT2D eigenvalue weighted by Gasteiger charge is -2.39. The summed E-state index contributed by atoms with van der Waals surface area (Å²) in [7, 11) is 0. The highest BCUT2D eigenvalue weighted by atomic mass is 19.1. The number of halogens is 1. The van der Waals surface area contributed by atoms with Crippen molar-refractivity contribution >= 4 is 5.97 Å². The van der Waals surface area contributed by atoms with E-state index in [4.69, 9.17) is 4.74 Å². The molecule has 1 aliphatic carbocycles. The van der Waals surface area contributed by atoms with Crippen LogP contribution in [0, 0.1) is 5.82 Å². The standard InChI is InChI=1S/C17H19FN4O3/c1-11-9-17(10-25-11,15(23)24)22-20-14(19-21-22)16(6-3-7-16)12-4-2-5-13(18)8-12/h2,4-5,8,11H,3,6-7,9-10H2,1H3,(H,23,24). The van der Waals surface area contributed by atoms with E-state index in [0.717, 1.165) is 24.8 Å². The number of aromatic nitrogens is 4. The Morgan fingerprint density at radius 3 is 2.80 bits per heavy atom. The maximum atomic E-state index is 13.7. The van der Waals surface area contributed by atoms with Gasteiger partial charge in [0.2, 0.25) is 5.54 Å². The molecule has 2 heterocycles. The number of nitrogens with zero attached hydrogens (tertiary/aromatic N) is 4. The number of carbonyl (C=O) groups is 1. The summed E-state index contributed by atoms with van der Waals surface area (Å²) < 4.78 is 19.1. The first-order valence-corrected chi connectivity index (χ1v) is 8.38. The van der Waals surface area contributed by atoms with E-state index >= 15 is 0 Å². The summed E-state index contributed by atoms with van der Waals surface area (Å²) in [5.41, 5.74) is -1.03. The van der Waals surface area contributed by atoms with Crippen molar-refractivity contribution in [3.63, 3.8) is 0 Å². The van der Waals surface area contributed by atoms with Crippen LogP contribution in [0.2, 0.25) is 0 Å². The molecule has 2 aliphatic rings. The number of benzene rings is 1. The van der Waals surface area contributed by atoms with Gasteiger partial charge in [0.1, 0.15) is 5.82 Å². The Morgan fingerprint density at radius 1 is 1.44 bits per heavy atom. The Balaban J connectivity index is 1.74. The van der Waals surface area contributed by atoms with E-state index in [2.05, 4.69) is 15.4 Å². The SMILES string of the molecule is CC1CC(C(=O)O)(n2nnc(C3(c4cccc(F)c4)CCC3)n2)CO1. The molecule has 0 spiro atoms. The highest BCUT2D eigenvalue weighted by Gasteiger charge is 2.51. The highest BCUT2D eigenvalue weighted by molar-refractivity contribution is 5.77. The zero-order chi connectivity index (χ0) is 17.7. The summed E-state index contributed by atoms with van der Waals surface area (Å²) in [6.45, 7) is 1.83. The van der Waals surface area contributed by atoms with Gasteiger partial charge >= 0.3 is 5.97 Å². The predicted octanol–water partition coefficient (Wildman–Crippen LogP) is 1.87. The molecule has 1 aromatic heterocycles. The van der Waals surface area contributed by atoms with Crippen molar-refractivity contribution in [2.75, 3.05) is 6.61 Å². The number of carboxylic acids is 1. The summed E-state index contributed by atoms with van der Waals surface area (Å²) in [5, 5.41) is 22.3. The van der Waals surface area contributed by atoms with Gasteiger partial charge in [-0.25, -0.2) is 9.18 Å². The molecule has 132 valence electrons. The Kier molecular flexibility index (Phi) is 3.61. The Morgan fingerprint density at radius 2 is 2.24 bits per heavy atom. The second kappa shape index (κ2) is 5.59. The third-order valence-corrected chi connectivity index (χ3v) is 5.44. The molecule has 2 unspecified atom stereocenters. The van der Waals surface area contributed by atoms with Gasteiger partial charge in [0, 0.05) is 6.42 Å². The first-order valence-electron chi connectivity index (χ1n) is 8.38. The molecule has 2 fully saturated rings. The molecule has 1 N–H and O–H groups in total. The van der Waals surface area contributed by atoms with E-state index in [1.54, 1.807) is 6.07 Å². The minimum absolute atomic E-state index is 0.00622. The molecular weight excluding hydrogens is 327 g/mol. The molecule has 7 nitrogen and oxygen atoms in total. The highest BCUT2D eigenvalue weighted by Crippen LogP contribution is 2.47. The lowest BCUT2D eigenvalue weighted by Crippen LogP contribution is -2.45. The van der Waals surface area contributed by atoms with Gasteiger partial charge in [0.25, 0.3) is 0 Å². The second-order valence-electron chi connectivity index (χ2n) is 7.01. The molecule has 1 aromatic carbocycles. The Hall–Kier alpha value is -2.35. The Labute approximate surface area is 143 Å². The minimum Gasteiger partial charge on any atom is -0.479 e. The molecule has 1 saturated carbocycles. The molecule has 2 atom stereocenters. The van der Waals surface area contributed by atoms with Gasteiger partial charge in [-0.15, -0.1) is 15.0 Å². The third-order valence-electron chi connectivity index (χ3n) is 5.44. The summed E-state index contributed by atoms with van der Waals surface area (Å²) >= 11 is 0. The molecule has 1 aliphatic heterocycles. The Bertz CT molecular complexity index is 820. The topological polar surface area (TPSA) is 90.1 Å². The second-order valence-corrected chi connectivity index (χ2v) is 7.01. The maximum Gasteiger partial charge on any atom is 0.336 e. The van der Waals surface area contributed by atoms with Gasteiger partial charge in [-0.2, -0.15) is 0 Å². The molecule has 2 aromatic rings. The zero-order valence-electron chi connectivity index (χ0n) is 13.9. The van der Waals surface area contributed by atoms with E-state index in [0.29, 0.717) is 5.82 Å². The average molecular weight is 346 g/mol. The largest absolute Gasteiger partial charge is 0.479 e. The van der Waals surface area contributed by atoms with Crippen LogP contribution in [-0.2, 0) is 20.5 Å². The minimum atomic E-state index is -1.34. The smallest absolute Gasteiger partial charge is 0.336 e. The fourth-order valence-electron chi connectivity index (χ4n) is 3.79. The molecular formula is C17H19FN4O3. The van der Waals surface area contributed by atoms with E-state index < -0.39 is 16.9 Å². The summed E-state index contributed by atoms with van der Waals surface area (Å²) in [6, 6.07) is 6.42. The first kappa shape index (κ1) is 16.1. The van der Waals surface area contributed by atoms with Crippen LogP contribution in [0.15, 0.2) is 24.3 Å². The van der Waals surface area contributed by atoms with E-state index in [-0.39, 0.29) is 24.9 Å². The van der Waals surface area contributed by atoms with Crippen molar-refractivity contribution in [2.45, 2.75) is 49.7 Å². The molecule has 0 bridgehead atoms. The van der Waals surface area contributed by atoms with Crippen molar-refractivity contribution in [1.29, 1.82) is 0 Å². The van der Waals surface area contributed by atoms with Crippen molar-refractivity contribution < 1.29 is 19.0 Å². The van der Waals surface area contributed by atoms with Gasteiger partial charge in [-0.05, 0) is 42.7 Å². The van der Waals surface area contributed by atoms with Crippen molar-refractivity contribution in [2.24, 2.45) is 0 Å². The van der Waals surface area contributed by atoms with Gasteiger partial charge in [-0.1, -0.05) is 18.6 Å². The van der Waals surface area contributed by atoms with Crippen LogP contribution in [-0.4, -0.2) is 44.0 Å². The number of ether oxygens (including phenoxy) is 1. The average Bonchev–Trinajstić information content (AvgIpc) is 3.14. The number of hydrogen-bond donors (Lipinski definition) is 1. The van der Waals surface area contributed by atoms with Crippen LogP contribution < -0.4 is 0 Å². The van der Waals surface area contributed by atoms with Crippen LogP contribution in [0.4, 0.5) is 4.39 Å². The van der Waals surface area contributed by atoms with Gasteiger partial charge in [0.05, 0.1) is 18.1 Å². The van der Waals surface area contributed by atoms with E-state index in [1.165, 1.54) is 16.9 Å². The quantitative estimate of drug-likeness (QED) is 0.909. The molecule has 8 heteroatoms. The van der Waals surface area contributed by atoms with Crippen molar-refractivity contribution in [1.82, 2.24) is 20.2 Å². The summed E-state index contributed by atoms with van der Waals surface area (Å²) in [5.74, 6) is -0.894. The van der Waals surface area contributed by atoms with Gasteiger partial charge in [-0.3, -0.25) is 0 Å². The molecule has 1 saturated heterocycles. The van der Waals surface area contributed by atoms with E-state index in [9.17, 15) is 14.3 Å². The van der Waals surface area contributed by atoms with E-state index in [1.807, 2.05) is 13.0 Å². The fourth-order valence-corrected chi connectivity index (χ4v) is 3.79. The predicted molar refractivity (Wildman–Crippen MR) is 84.5 cm³/mol. The number of rotatable bonds is 4. The monoisotopic (exact) mass is 346 g/mol. The summed E-state index contributed by atoms with van der Waals surface area (Å²) in [6.07, 6.45) is 2.65. The lowest BCUT2D eigenvalue weighted by atomic mass is 9.64. The number of tetrazole rings is 1. The van der Waals surface area contributed by atoms with Gasteiger partial charge in [0.15, 0.2) is 5.82 Å². The molecule has 0 radical (unpaired) electrons. The zero-order valence-corrected chi connectivity index (χ0v) is 13.9. The maximum absolute atomic E-state index is 13.7. The van der Waals surface area contributed by atoms with Crippen LogP contribution in [0.1, 0.15) is 44.0 Å². The number of carboxylic acid groups (broad SMARTS) is 1. The molecule has 0 amide bonds. The summed E-state index contributed by atoms with van der Waals surface area (Å²) in [4.78, 5) is 13.0. The van der Waals surface area contributed by atoms with Crippen LogP contribution in [0.3, 0.4) is 0 Å². The van der Waals surface area contributed by atoms with Crippen LogP contribution >= 0.6 is 0 Å². The first-order chi connectivity index (χ1) is 12.0. The van der Waals surface area contributed by atoms with Crippen LogP contribution in [0.25, 0.3) is 0 Å². The fraction of sp³-hybridized carbons (Fsp3) is 0.529. The van der Waals surface area contributed by atoms with Crippen molar-refractivity contribution in [3.8, 4) is 0 Å². The molecule has 4 rings (SSSR count). The lowest BCUT2D eigenvalue weighted by molar-refractivity contribution is -0.148. The van der Waals surface area contributed by atoms with Gasteiger partial charge < -0.3 is 9.84 Å². The normalized spacial score (nSPS) is 27.8. The van der Waals surface area contributed by atoms with Crippen molar-refractivity contribution in [3.05, 3.63) is 41.5 Å².